The molecule has 8 nitrogen and oxygen atoms in total. The van der Waals surface area contributed by atoms with E-state index >= 15 is 0 Å². The van der Waals surface area contributed by atoms with Crippen LogP contribution in [0.3, 0.4) is 0 Å². The van der Waals surface area contributed by atoms with Gasteiger partial charge >= 0.3 is 0 Å². The molecule has 1 fully saturated rings. The molecular weight excluding hydrogens is 352 g/mol. The van der Waals surface area contributed by atoms with E-state index in [2.05, 4.69) is 48.8 Å². The first-order valence-corrected chi connectivity index (χ1v) is 11.8. The molecule has 3 atom stereocenters. The number of imidazole rings is 1. The summed E-state index contributed by atoms with van der Waals surface area (Å²) < 4.78 is 14.5. The molecule has 2 N–H and O–H groups in total. The van der Waals surface area contributed by atoms with Crippen molar-refractivity contribution in [3.05, 3.63) is 23.0 Å². The summed E-state index contributed by atoms with van der Waals surface area (Å²) in [5.74, 6) is 0. The number of H-pyrrole nitrogens is 1. The van der Waals surface area contributed by atoms with Crippen molar-refractivity contribution >= 4 is 19.5 Å². The standard InChI is InChI=1S/C17H28N4O4Si/c1-16(2,3)26(5,6)25-11-7-12(24-17(11,4)8-22)21-10-20-13-14(21)18-9-19-15(13)23/h9-12,22H,7-8H2,1-6H3,(H,18,19,23)/t11-,12-,17+/m0/s1. The molecule has 3 rings (SSSR count). The van der Waals surface area contributed by atoms with Crippen molar-refractivity contribution in [2.24, 2.45) is 0 Å². The van der Waals surface area contributed by atoms with Crippen LogP contribution >= 0.6 is 0 Å². The number of aromatic amines is 1. The second-order valence-electron chi connectivity index (χ2n) is 8.70. The summed E-state index contributed by atoms with van der Waals surface area (Å²) in [6, 6.07) is 0. The maximum atomic E-state index is 11.9. The van der Waals surface area contributed by atoms with Crippen LogP contribution in [0.25, 0.3) is 11.2 Å². The van der Waals surface area contributed by atoms with Crippen LogP contribution < -0.4 is 5.56 Å². The minimum atomic E-state index is -2.04. The van der Waals surface area contributed by atoms with Gasteiger partial charge in [0, 0.05) is 6.42 Å². The van der Waals surface area contributed by atoms with Crippen molar-refractivity contribution in [3.63, 3.8) is 0 Å². The molecule has 2 aromatic heterocycles. The van der Waals surface area contributed by atoms with Gasteiger partial charge in [-0.1, -0.05) is 20.8 Å². The number of aliphatic hydroxyl groups excluding tert-OH is 1. The quantitative estimate of drug-likeness (QED) is 0.788. The smallest absolute Gasteiger partial charge is 0.278 e. The molecule has 0 bridgehead atoms. The maximum Gasteiger partial charge on any atom is 0.278 e. The Balaban J connectivity index is 1.93. The number of aromatic nitrogens is 4. The Kier molecular flexibility index (Phi) is 4.63. The monoisotopic (exact) mass is 380 g/mol. The summed E-state index contributed by atoms with van der Waals surface area (Å²) in [5.41, 5.74) is -0.369. The van der Waals surface area contributed by atoms with E-state index in [0.29, 0.717) is 12.1 Å². The zero-order valence-electron chi connectivity index (χ0n) is 16.2. The average molecular weight is 381 g/mol. The Morgan fingerprint density at radius 1 is 1.46 bits per heavy atom. The summed E-state index contributed by atoms with van der Waals surface area (Å²) in [4.78, 5) is 22.8. The molecule has 0 aromatic carbocycles. The van der Waals surface area contributed by atoms with Gasteiger partial charge in [-0.25, -0.2) is 9.97 Å². The van der Waals surface area contributed by atoms with Gasteiger partial charge in [0.25, 0.3) is 5.56 Å². The highest BCUT2D eigenvalue weighted by Gasteiger charge is 2.51. The number of aliphatic hydroxyl groups is 1. The summed E-state index contributed by atoms with van der Waals surface area (Å²) in [6.45, 7) is 12.6. The van der Waals surface area contributed by atoms with E-state index < -0.39 is 20.1 Å². The molecule has 3 heterocycles. The Morgan fingerprint density at radius 2 is 2.15 bits per heavy atom. The predicted molar refractivity (Wildman–Crippen MR) is 100 cm³/mol. The van der Waals surface area contributed by atoms with Crippen LogP contribution in [0.4, 0.5) is 0 Å². The Hall–Kier alpha value is -1.55. The van der Waals surface area contributed by atoms with Gasteiger partial charge in [0.1, 0.15) is 11.8 Å². The van der Waals surface area contributed by atoms with Crippen molar-refractivity contribution in [1.29, 1.82) is 0 Å². The molecule has 2 aromatic rings. The topological polar surface area (TPSA) is 102 Å². The Labute approximate surface area is 153 Å². The molecule has 1 aliphatic rings. The normalized spacial score (nSPS) is 27.3. The van der Waals surface area contributed by atoms with E-state index in [9.17, 15) is 9.90 Å². The van der Waals surface area contributed by atoms with Crippen LogP contribution in [0.5, 0.6) is 0 Å². The van der Waals surface area contributed by atoms with Crippen LogP contribution in [0.1, 0.15) is 40.3 Å². The molecule has 0 spiro atoms. The van der Waals surface area contributed by atoms with Crippen molar-refractivity contribution in [2.75, 3.05) is 6.61 Å². The second kappa shape index (κ2) is 6.26. The molecule has 26 heavy (non-hydrogen) atoms. The van der Waals surface area contributed by atoms with Gasteiger partial charge in [-0.2, -0.15) is 0 Å². The third-order valence-electron chi connectivity index (χ3n) is 5.73. The van der Waals surface area contributed by atoms with Crippen LogP contribution in [-0.4, -0.2) is 51.3 Å². The summed E-state index contributed by atoms with van der Waals surface area (Å²) in [5, 5.41) is 10.0. The molecule has 144 valence electrons. The molecule has 9 heteroatoms. The van der Waals surface area contributed by atoms with Crippen molar-refractivity contribution in [1.82, 2.24) is 19.5 Å². The van der Waals surface area contributed by atoms with E-state index in [1.807, 2.05) is 6.92 Å². The highest BCUT2D eigenvalue weighted by molar-refractivity contribution is 6.74. The number of ether oxygens (including phenoxy) is 1. The lowest BCUT2D eigenvalue weighted by molar-refractivity contribution is -0.112. The Bertz CT molecular complexity index is 856. The number of hydrogen-bond donors (Lipinski definition) is 2. The van der Waals surface area contributed by atoms with Crippen molar-refractivity contribution in [3.8, 4) is 0 Å². The van der Waals surface area contributed by atoms with Crippen LogP contribution in [-0.2, 0) is 9.16 Å². The van der Waals surface area contributed by atoms with Crippen LogP contribution in [0.15, 0.2) is 17.4 Å². The molecule has 0 aliphatic carbocycles. The fraction of sp³-hybridized carbons (Fsp3) is 0.706. The molecular formula is C17H28N4O4Si. The third-order valence-corrected chi connectivity index (χ3v) is 10.2. The van der Waals surface area contributed by atoms with Crippen LogP contribution in [0.2, 0.25) is 18.1 Å². The lowest BCUT2D eigenvalue weighted by Crippen LogP contribution is -2.50. The number of hydrogen-bond acceptors (Lipinski definition) is 6. The molecule has 0 amide bonds. The minimum absolute atomic E-state index is 0.0536. The lowest BCUT2D eigenvalue weighted by atomic mass is 10.0. The van der Waals surface area contributed by atoms with Gasteiger partial charge in [-0.3, -0.25) is 9.36 Å². The van der Waals surface area contributed by atoms with E-state index in [1.54, 1.807) is 10.9 Å². The van der Waals surface area contributed by atoms with Gasteiger partial charge in [0.05, 0.1) is 25.4 Å². The van der Waals surface area contributed by atoms with E-state index in [4.69, 9.17) is 9.16 Å². The lowest BCUT2D eigenvalue weighted by Gasteiger charge is -2.41. The van der Waals surface area contributed by atoms with Gasteiger partial charge in [-0.15, -0.1) is 0 Å². The maximum absolute atomic E-state index is 11.9. The predicted octanol–water partition coefficient (Wildman–Crippen LogP) is 2.18. The zero-order chi connectivity index (χ0) is 19.3. The molecule has 0 radical (unpaired) electrons. The van der Waals surface area contributed by atoms with Gasteiger partial charge in [0.2, 0.25) is 0 Å². The fourth-order valence-electron chi connectivity index (χ4n) is 2.96. The third kappa shape index (κ3) is 3.13. The second-order valence-corrected chi connectivity index (χ2v) is 13.5. The van der Waals surface area contributed by atoms with Gasteiger partial charge < -0.3 is 19.3 Å². The molecule has 0 unspecified atom stereocenters. The van der Waals surface area contributed by atoms with E-state index in [0.717, 1.165) is 0 Å². The average Bonchev–Trinajstić information content (AvgIpc) is 3.09. The first kappa shape index (κ1) is 19.2. The highest BCUT2D eigenvalue weighted by Crippen LogP contribution is 2.44. The summed E-state index contributed by atoms with van der Waals surface area (Å²) in [7, 11) is -2.04. The molecule has 1 saturated heterocycles. The molecule has 1 aliphatic heterocycles. The van der Waals surface area contributed by atoms with E-state index in [1.165, 1.54) is 6.33 Å². The largest absolute Gasteiger partial charge is 0.411 e. The highest BCUT2D eigenvalue weighted by atomic mass is 28.4. The number of fused-ring (bicyclic) bond motifs is 1. The Morgan fingerprint density at radius 3 is 2.77 bits per heavy atom. The van der Waals surface area contributed by atoms with Gasteiger partial charge in [0.15, 0.2) is 19.5 Å². The van der Waals surface area contributed by atoms with Crippen molar-refractivity contribution in [2.45, 2.75) is 70.2 Å². The SMILES string of the molecule is CC(C)(C)[Si](C)(C)O[C@H]1C[C@@H](n2cnc3c(=O)[nH]cnc32)O[C@]1(C)CO. The zero-order valence-corrected chi connectivity index (χ0v) is 17.2. The fourth-order valence-corrected chi connectivity index (χ4v) is 4.37. The first-order valence-electron chi connectivity index (χ1n) is 8.85. The number of rotatable bonds is 4. The number of nitrogens with one attached hydrogen (secondary N) is 1. The first-order chi connectivity index (χ1) is 12.0. The van der Waals surface area contributed by atoms with Gasteiger partial charge in [-0.05, 0) is 25.1 Å². The summed E-state index contributed by atoms with van der Waals surface area (Å²) >= 11 is 0. The van der Waals surface area contributed by atoms with Crippen molar-refractivity contribution < 1.29 is 14.3 Å². The minimum Gasteiger partial charge on any atom is -0.411 e. The van der Waals surface area contributed by atoms with Crippen LogP contribution in [0, 0.1) is 0 Å². The summed E-state index contributed by atoms with van der Waals surface area (Å²) in [6.07, 6.45) is 2.82. The number of nitrogens with zero attached hydrogens (tertiary/aromatic N) is 3. The molecule has 0 saturated carbocycles. The van der Waals surface area contributed by atoms with E-state index in [-0.39, 0.29) is 28.8 Å².